The number of halogens is 2. The van der Waals surface area contributed by atoms with Crippen LogP contribution in [0.4, 0.5) is 0 Å². The van der Waals surface area contributed by atoms with E-state index in [1.165, 1.54) is 0 Å². The molecular formula is C6H5Br2N3O. The number of nitrogen functional groups attached to an aromatic ring is 1. The van der Waals surface area contributed by atoms with Crippen LogP contribution in [-0.2, 0) is 0 Å². The van der Waals surface area contributed by atoms with Crippen LogP contribution in [-0.4, -0.2) is 10.9 Å². The summed E-state index contributed by atoms with van der Waals surface area (Å²) < 4.78 is 1.19. The number of nitrogens with two attached hydrogens (primary N) is 1. The number of rotatable bonds is 1. The van der Waals surface area contributed by atoms with E-state index in [0.29, 0.717) is 10.2 Å². The third kappa shape index (κ3) is 2.02. The lowest BCUT2D eigenvalue weighted by Gasteiger charge is -2.01. The molecular weight excluding hydrogens is 290 g/mol. The van der Waals surface area contributed by atoms with E-state index >= 15 is 0 Å². The summed E-state index contributed by atoms with van der Waals surface area (Å²) in [6, 6.07) is 1.62. The summed E-state index contributed by atoms with van der Waals surface area (Å²) in [5, 5.41) is 0. The Bertz CT molecular complexity index is 316. The molecule has 0 saturated carbocycles. The minimum Gasteiger partial charge on any atom is -0.290 e. The van der Waals surface area contributed by atoms with Gasteiger partial charge in [-0.1, -0.05) is 0 Å². The van der Waals surface area contributed by atoms with Crippen LogP contribution in [0, 0.1) is 0 Å². The molecule has 0 radical (unpaired) electrons. The van der Waals surface area contributed by atoms with Crippen LogP contribution in [0.25, 0.3) is 0 Å². The van der Waals surface area contributed by atoms with Gasteiger partial charge in [-0.3, -0.25) is 10.2 Å². The van der Waals surface area contributed by atoms with Gasteiger partial charge in [0, 0.05) is 10.7 Å². The molecule has 12 heavy (non-hydrogen) atoms. The highest BCUT2D eigenvalue weighted by Crippen LogP contribution is 2.17. The highest BCUT2D eigenvalue weighted by atomic mass is 79.9. The molecule has 4 nitrogen and oxygen atoms in total. The molecule has 0 spiro atoms. The Labute approximate surface area is 85.8 Å². The molecule has 0 aliphatic carbocycles. The van der Waals surface area contributed by atoms with Gasteiger partial charge in [0.05, 0.1) is 5.56 Å². The summed E-state index contributed by atoms with van der Waals surface area (Å²) in [6.45, 7) is 0. The van der Waals surface area contributed by atoms with Crippen molar-refractivity contribution >= 4 is 37.8 Å². The van der Waals surface area contributed by atoms with Gasteiger partial charge in [-0.05, 0) is 37.9 Å². The number of hydrogen-bond donors (Lipinski definition) is 2. The zero-order chi connectivity index (χ0) is 9.14. The summed E-state index contributed by atoms with van der Waals surface area (Å²) in [5.41, 5.74) is 2.41. The first kappa shape index (κ1) is 9.63. The Balaban J connectivity index is 3.13. The number of carbonyl (C=O) groups is 1. The van der Waals surface area contributed by atoms with Crippen LogP contribution in [0.2, 0.25) is 0 Å². The molecule has 6 heteroatoms. The second-order valence-electron chi connectivity index (χ2n) is 1.97. The topological polar surface area (TPSA) is 68.0 Å². The minimum atomic E-state index is -0.379. The van der Waals surface area contributed by atoms with Gasteiger partial charge in [0.25, 0.3) is 5.91 Å². The van der Waals surface area contributed by atoms with Crippen molar-refractivity contribution in [2.45, 2.75) is 0 Å². The van der Waals surface area contributed by atoms with Crippen molar-refractivity contribution in [1.82, 2.24) is 10.4 Å². The second kappa shape index (κ2) is 3.97. The molecule has 1 rings (SSSR count). The van der Waals surface area contributed by atoms with E-state index in [0.717, 1.165) is 4.47 Å². The average molecular weight is 295 g/mol. The van der Waals surface area contributed by atoms with Crippen LogP contribution >= 0.6 is 31.9 Å². The van der Waals surface area contributed by atoms with Gasteiger partial charge in [-0.15, -0.1) is 0 Å². The summed E-state index contributed by atoms with van der Waals surface area (Å²) >= 11 is 6.31. The Morgan fingerprint density at radius 2 is 2.25 bits per heavy atom. The van der Waals surface area contributed by atoms with Gasteiger partial charge in [-0.25, -0.2) is 10.8 Å². The molecule has 0 atom stereocenters. The normalized spacial score (nSPS) is 9.58. The van der Waals surface area contributed by atoms with E-state index in [4.69, 9.17) is 5.84 Å². The molecule has 0 saturated heterocycles. The number of amides is 1. The third-order valence-electron chi connectivity index (χ3n) is 1.18. The SMILES string of the molecule is NNC(=O)c1cc(Br)cnc1Br. The number of hydrogen-bond acceptors (Lipinski definition) is 3. The number of carbonyl (C=O) groups excluding carboxylic acids is 1. The quantitative estimate of drug-likeness (QED) is 0.354. The van der Waals surface area contributed by atoms with Gasteiger partial charge < -0.3 is 0 Å². The van der Waals surface area contributed by atoms with Crippen molar-refractivity contribution in [3.05, 3.63) is 26.9 Å². The maximum atomic E-state index is 11.1. The van der Waals surface area contributed by atoms with Crippen LogP contribution < -0.4 is 11.3 Å². The van der Waals surface area contributed by atoms with E-state index in [1.807, 2.05) is 5.43 Å². The van der Waals surface area contributed by atoms with Crippen LogP contribution in [0.15, 0.2) is 21.3 Å². The van der Waals surface area contributed by atoms with E-state index in [1.54, 1.807) is 12.3 Å². The summed E-state index contributed by atoms with van der Waals surface area (Å²) in [5.74, 6) is 4.58. The van der Waals surface area contributed by atoms with Crippen molar-refractivity contribution < 1.29 is 4.79 Å². The first-order valence-electron chi connectivity index (χ1n) is 2.97. The van der Waals surface area contributed by atoms with Crippen molar-refractivity contribution in [3.8, 4) is 0 Å². The molecule has 1 aromatic heterocycles. The zero-order valence-corrected chi connectivity index (χ0v) is 9.02. The molecule has 3 N–H and O–H groups in total. The molecule has 0 unspecified atom stereocenters. The fourth-order valence-electron chi connectivity index (χ4n) is 0.660. The minimum absolute atomic E-state index is 0.379. The number of pyridine rings is 1. The molecule has 0 bridgehead atoms. The largest absolute Gasteiger partial charge is 0.290 e. The lowest BCUT2D eigenvalue weighted by Crippen LogP contribution is -2.30. The number of nitrogens with one attached hydrogen (secondary N) is 1. The maximum Gasteiger partial charge on any atom is 0.267 e. The number of hydrazine groups is 1. The monoisotopic (exact) mass is 293 g/mol. The third-order valence-corrected chi connectivity index (χ3v) is 2.25. The van der Waals surface area contributed by atoms with Gasteiger partial charge in [0.1, 0.15) is 4.60 Å². The van der Waals surface area contributed by atoms with Crippen molar-refractivity contribution in [3.63, 3.8) is 0 Å². The van der Waals surface area contributed by atoms with Crippen molar-refractivity contribution in [1.29, 1.82) is 0 Å². The standard InChI is InChI=1S/C6H5Br2N3O/c7-3-1-4(6(12)11-9)5(8)10-2-3/h1-2H,9H2,(H,11,12). The van der Waals surface area contributed by atoms with Gasteiger partial charge >= 0.3 is 0 Å². The molecule has 0 aliphatic heterocycles. The van der Waals surface area contributed by atoms with Crippen LogP contribution in [0.3, 0.4) is 0 Å². The van der Waals surface area contributed by atoms with Crippen LogP contribution in [0.5, 0.6) is 0 Å². The Kier molecular flexibility index (Phi) is 3.19. The Morgan fingerprint density at radius 1 is 1.58 bits per heavy atom. The smallest absolute Gasteiger partial charge is 0.267 e. The Morgan fingerprint density at radius 3 is 2.83 bits per heavy atom. The molecule has 1 heterocycles. The fourth-order valence-corrected chi connectivity index (χ4v) is 1.39. The molecule has 0 aromatic carbocycles. The fraction of sp³-hybridized carbons (Fsp3) is 0. The van der Waals surface area contributed by atoms with E-state index in [9.17, 15) is 4.79 Å². The Hall–Kier alpha value is -0.460. The molecule has 0 fully saturated rings. The average Bonchev–Trinajstić information content (AvgIpc) is 2.08. The highest BCUT2D eigenvalue weighted by molar-refractivity contribution is 9.11. The lowest BCUT2D eigenvalue weighted by atomic mass is 10.3. The number of aromatic nitrogens is 1. The molecule has 1 aromatic rings. The van der Waals surface area contributed by atoms with Gasteiger partial charge in [-0.2, -0.15) is 0 Å². The van der Waals surface area contributed by atoms with Crippen LogP contribution in [0.1, 0.15) is 10.4 Å². The van der Waals surface area contributed by atoms with E-state index in [2.05, 4.69) is 36.8 Å². The maximum absolute atomic E-state index is 11.1. The zero-order valence-electron chi connectivity index (χ0n) is 5.84. The first-order chi connectivity index (χ1) is 5.65. The van der Waals surface area contributed by atoms with Gasteiger partial charge in [0.15, 0.2) is 0 Å². The number of nitrogens with zero attached hydrogens (tertiary/aromatic N) is 1. The second-order valence-corrected chi connectivity index (χ2v) is 3.63. The first-order valence-corrected chi connectivity index (χ1v) is 4.55. The lowest BCUT2D eigenvalue weighted by molar-refractivity contribution is 0.0952. The summed E-state index contributed by atoms with van der Waals surface area (Å²) in [6.07, 6.45) is 1.58. The van der Waals surface area contributed by atoms with E-state index in [-0.39, 0.29) is 5.91 Å². The highest BCUT2D eigenvalue weighted by Gasteiger charge is 2.09. The molecule has 0 aliphatic rings. The summed E-state index contributed by atoms with van der Waals surface area (Å²) in [7, 11) is 0. The predicted octanol–water partition coefficient (Wildman–Crippen LogP) is 1.21. The van der Waals surface area contributed by atoms with Gasteiger partial charge in [0.2, 0.25) is 0 Å². The van der Waals surface area contributed by atoms with Crippen molar-refractivity contribution in [2.24, 2.45) is 5.84 Å². The van der Waals surface area contributed by atoms with E-state index < -0.39 is 0 Å². The molecule has 64 valence electrons. The predicted molar refractivity (Wildman–Crippen MR) is 51.3 cm³/mol. The summed E-state index contributed by atoms with van der Waals surface area (Å²) in [4.78, 5) is 15.0. The molecule has 1 amide bonds. The van der Waals surface area contributed by atoms with Crippen molar-refractivity contribution in [2.75, 3.05) is 0 Å².